The maximum atomic E-state index is 9.55. The predicted molar refractivity (Wildman–Crippen MR) is 161 cm³/mol. The Kier molecular flexibility index (Phi) is 12.4. The van der Waals surface area contributed by atoms with Gasteiger partial charge in [0.25, 0.3) is 0 Å². The molecule has 2 unspecified atom stereocenters. The van der Waals surface area contributed by atoms with Crippen LogP contribution in [-0.2, 0) is 9.59 Å². The molecule has 0 saturated carbocycles. The van der Waals surface area contributed by atoms with Crippen molar-refractivity contribution in [3.8, 4) is 11.5 Å². The van der Waals surface area contributed by atoms with Crippen LogP contribution in [0.15, 0.2) is 91.0 Å². The number of likely N-dealkylation sites (tertiary alicyclic amines) is 1. The van der Waals surface area contributed by atoms with Gasteiger partial charge in [-0.1, -0.05) is 80.1 Å². The third-order valence-corrected chi connectivity index (χ3v) is 7.53. The molecule has 3 aromatic rings. The number of hydrogen-bond acceptors (Lipinski definition) is 5. The lowest BCUT2D eigenvalue weighted by Crippen LogP contribution is -2.42. The molecule has 1 fully saturated rings. The number of ether oxygens (including phenoxy) is 2. The Balaban J connectivity index is 0.000000507. The number of carboxylic acids is 2. The summed E-state index contributed by atoms with van der Waals surface area (Å²) in [5.74, 6) is -0.506. The number of benzene rings is 3. The van der Waals surface area contributed by atoms with E-state index >= 15 is 0 Å². The molecule has 3 aromatic carbocycles. The molecule has 1 saturated heterocycles. The Bertz CT molecular complexity index is 1210. The van der Waals surface area contributed by atoms with Gasteiger partial charge in [0.2, 0.25) is 0 Å². The molecule has 0 spiro atoms. The Morgan fingerprint density at radius 2 is 1.39 bits per heavy atom. The standard InChI is InChI=1S/C30H37NO2.C4H4O4/c1-4-28(25-18-19-29(32-2)30(21-25)33-3)31-20-12-11-17-26(31)22-27(23-13-7-5-8-14-23)24-15-9-6-10-16-24;5-3(6)1-2-4(7)8/h5-10,13-16,18-19,21,26-28H,4,11-12,17,20,22H2,1-3H3;1-2H,(H,5,6)(H,7,8)/b;2-1+. The van der Waals surface area contributed by atoms with Gasteiger partial charge >= 0.3 is 11.9 Å². The van der Waals surface area contributed by atoms with Crippen LogP contribution < -0.4 is 9.47 Å². The molecule has 41 heavy (non-hydrogen) atoms. The minimum Gasteiger partial charge on any atom is -0.493 e. The lowest BCUT2D eigenvalue weighted by Gasteiger charge is -2.43. The van der Waals surface area contributed by atoms with Crippen molar-refractivity contribution < 1.29 is 29.3 Å². The summed E-state index contributed by atoms with van der Waals surface area (Å²) in [7, 11) is 3.42. The van der Waals surface area contributed by atoms with Gasteiger partial charge in [-0.15, -0.1) is 0 Å². The zero-order valence-electron chi connectivity index (χ0n) is 24.1. The zero-order valence-corrected chi connectivity index (χ0v) is 24.1. The molecule has 2 N–H and O–H groups in total. The van der Waals surface area contributed by atoms with Gasteiger partial charge in [0.1, 0.15) is 0 Å². The number of rotatable bonds is 11. The van der Waals surface area contributed by atoms with Gasteiger partial charge in [-0.2, -0.15) is 0 Å². The molecule has 0 bridgehead atoms. The van der Waals surface area contributed by atoms with Crippen LogP contribution in [0, 0.1) is 0 Å². The first-order valence-corrected chi connectivity index (χ1v) is 14.1. The van der Waals surface area contributed by atoms with Gasteiger partial charge in [0.15, 0.2) is 11.5 Å². The van der Waals surface area contributed by atoms with Crippen LogP contribution in [0.3, 0.4) is 0 Å². The summed E-state index contributed by atoms with van der Waals surface area (Å²) < 4.78 is 11.1. The Morgan fingerprint density at radius 1 is 0.829 bits per heavy atom. The highest BCUT2D eigenvalue weighted by molar-refractivity contribution is 5.89. The van der Waals surface area contributed by atoms with Gasteiger partial charge in [0.05, 0.1) is 14.2 Å². The molecule has 7 heteroatoms. The molecule has 0 aromatic heterocycles. The number of methoxy groups -OCH3 is 2. The summed E-state index contributed by atoms with van der Waals surface area (Å²) in [5, 5.41) is 15.6. The molecule has 0 amide bonds. The molecule has 0 radical (unpaired) electrons. The second-order valence-corrected chi connectivity index (χ2v) is 10.0. The molecule has 1 heterocycles. The van der Waals surface area contributed by atoms with Crippen LogP contribution in [0.4, 0.5) is 0 Å². The van der Waals surface area contributed by atoms with E-state index < -0.39 is 11.9 Å². The summed E-state index contributed by atoms with van der Waals surface area (Å²) in [6.45, 7) is 3.45. The van der Waals surface area contributed by atoms with Crippen molar-refractivity contribution in [2.45, 2.75) is 57.0 Å². The highest BCUT2D eigenvalue weighted by Gasteiger charge is 2.32. The zero-order chi connectivity index (χ0) is 29.6. The second-order valence-electron chi connectivity index (χ2n) is 10.0. The van der Waals surface area contributed by atoms with E-state index in [0.29, 0.717) is 30.2 Å². The molecule has 2 atom stereocenters. The quantitative estimate of drug-likeness (QED) is 0.246. The van der Waals surface area contributed by atoms with Gasteiger partial charge in [0, 0.05) is 30.2 Å². The maximum absolute atomic E-state index is 9.55. The van der Waals surface area contributed by atoms with Crippen molar-refractivity contribution in [3.05, 3.63) is 108 Å². The lowest BCUT2D eigenvalue weighted by molar-refractivity contribution is -0.134. The summed E-state index contributed by atoms with van der Waals surface area (Å²) in [6, 6.07) is 29.4. The van der Waals surface area contributed by atoms with Crippen molar-refractivity contribution in [1.82, 2.24) is 4.90 Å². The SMILES string of the molecule is CCC(c1ccc(OC)c(OC)c1)N1CCCCC1CC(c1ccccc1)c1ccccc1.O=C(O)/C=C/C(=O)O. The number of piperidine rings is 1. The van der Waals surface area contributed by atoms with E-state index in [1.54, 1.807) is 14.2 Å². The smallest absolute Gasteiger partial charge is 0.328 e. The first-order chi connectivity index (χ1) is 19.9. The van der Waals surface area contributed by atoms with Crippen LogP contribution in [0.1, 0.15) is 67.7 Å². The third-order valence-electron chi connectivity index (χ3n) is 7.53. The van der Waals surface area contributed by atoms with Crippen LogP contribution >= 0.6 is 0 Å². The number of carboxylic acid groups (broad SMARTS) is 2. The van der Waals surface area contributed by atoms with E-state index in [2.05, 4.69) is 84.6 Å². The van der Waals surface area contributed by atoms with E-state index in [9.17, 15) is 9.59 Å². The average molecular weight is 560 g/mol. The largest absolute Gasteiger partial charge is 0.493 e. The molecule has 1 aliphatic heterocycles. The number of carbonyl (C=O) groups is 2. The number of nitrogens with zero attached hydrogens (tertiary/aromatic N) is 1. The molecule has 0 aliphatic carbocycles. The fourth-order valence-corrected chi connectivity index (χ4v) is 5.66. The lowest BCUT2D eigenvalue weighted by atomic mass is 9.82. The van der Waals surface area contributed by atoms with Crippen LogP contribution in [0.2, 0.25) is 0 Å². The molecule has 1 aliphatic rings. The third kappa shape index (κ3) is 9.22. The first-order valence-electron chi connectivity index (χ1n) is 14.1. The van der Waals surface area contributed by atoms with Crippen LogP contribution in [0.5, 0.6) is 11.5 Å². The predicted octanol–water partition coefficient (Wildman–Crippen LogP) is 6.94. The summed E-state index contributed by atoms with van der Waals surface area (Å²) in [5.41, 5.74) is 4.14. The van der Waals surface area contributed by atoms with Crippen LogP contribution in [0.25, 0.3) is 0 Å². The fourth-order valence-electron chi connectivity index (χ4n) is 5.66. The van der Waals surface area contributed by atoms with E-state index in [1.165, 1.54) is 36.0 Å². The van der Waals surface area contributed by atoms with Crippen molar-refractivity contribution in [3.63, 3.8) is 0 Å². The van der Waals surface area contributed by atoms with E-state index in [-0.39, 0.29) is 0 Å². The summed E-state index contributed by atoms with van der Waals surface area (Å²) in [4.78, 5) is 21.9. The topological polar surface area (TPSA) is 96.3 Å². The Hall–Kier alpha value is -4.10. The van der Waals surface area contributed by atoms with Crippen LogP contribution in [-0.4, -0.2) is 53.9 Å². The average Bonchev–Trinajstić information content (AvgIpc) is 3.01. The normalized spacial score (nSPS) is 16.0. The second kappa shape index (κ2) is 16.2. The highest BCUT2D eigenvalue weighted by Crippen LogP contribution is 2.39. The van der Waals surface area contributed by atoms with Crippen molar-refractivity contribution in [1.29, 1.82) is 0 Å². The van der Waals surface area contributed by atoms with E-state index in [1.807, 2.05) is 6.07 Å². The van der Waals surface area contributed by atoms with Gasteiger partial charge in [-0.05, 0) is 61.1 Å². The molecular weight excluding hydrogens is 518 g/mol. The highest BCUT2D eigenvalue weighted by atomic mass is 16.5. The molecule has 7 nitrogen and oxygen atoms in total. The van der Waals surface area contributed by atoms with Crippen molar-refractivity contribution >= 4 is 11.9 Å². The van der Waals surface area contributed by atoms with Gasteiger partial charge in [-0.3, -0.25) is 4.90 Å². The monoisotopic (exact) mass is 559 g/mol. The summed E-state index contributed by atoms with van der Waals surface area (Å²) >= 11 is 0. The van der Waals surface area contributed by atoms with Crippen molar-refractivity contribution in [2.75, 3.05) is 20.8 Å². The van der Waals surface area contributed by atoms with Gasteiger partial charge in [-0.25, -0.2) is 9.59 Å². The molecular formula is C34H41NO6. The minimum absolute atomic E-state index is 0.377. The Morgan fingerprint density at radius 3 is 1.88 bits per heavy atom. The van der Waals surface area contributed by atoms with Crippen molar-refractivity contribution in [2.24, 2.45) is 0 Å². The van der Waals surface area contributed by atoms with E-state index in [4.69, 9.17) is 19.7 Å². The molecule has 218 valence electrons. The Labute approximate surface area is 243 Å². The minimum atomic E-state index is -1.26. The fraction of sp³-hybridized carbons (Fsp3) is 0.353. The van der Waals surface area contributed by atoms with Gasteiger partial charge < -0.3 is 19.7 Å². The number of aliphatic carboxylic acids is 2. The first kappa shape index (κ1) is 31.4. The maximum Gasteiger partial charge on any atom is 0.328 e. The van der Waals surface area contributed by atoms with E-state index in [0.717, 1.165) is 30.9 Å². The number of hydrogen-bond donors (Lipinski definition) is 2. The molecule has 4 rings (SSSR count). The summed E-state index contributed by atoms with van der Waals surface area (Å²) in [6.07, 6.45) is 7.15.